The molecule has 0 bridgehead atoms. The normalized spacial score (nSPS) is 17.6. The van der Waals surface area contributed by atoms with Crippen molar-refractivity contribution in [3.8, 4) is 0 Å². The Kier molecular flexibility index (Phi) is 4.48. The summed E-state index contributed by atoms with van der Waals surface area (Å²) in [6.45, 7) is 1.87. The molecule has 0 saturated carbocycles. The number of nitrogen functional groups attached to an aromatic ring is 1. The van der Waals surface area contributed by atoms with Gasteiger partial charge in [0.15, 0.2) is 0 Å². The van der Waals surface area contributed by atoms with Gasteiger partial charge in [-0.1, -0.05) is 6.07 Å². The molecule has 0 atom stereocenters. The number of piperidine rings is 1. The Balaban J connectivity index is 2.17. The molecule has 0 spiro atoms. The molecular weight excluding hydrogens is 297 g/mol. The molecule has 1 heterocycles. The van der Waals surface area contributed by atoms with Crippen LogP contribution in [0.4, 0.5) is 10.1 Å². The summed E-state index contributed by atoms with van der Waals surface area (Å²) in [4.78, 5) is 10.5. The number of benzene rings is 1. The molecule has 6 nitrogen and oxygen atoms in total. The number of carbonyl (C=O) groups is 1. The second-order valence-electron chi connectivity index (χ2n) is 5.04. The van der Waals surface area contributed by atoms with E-state index in [2.05, 4.69) is 5.32 Å². The highest BCUT2D eigenvalue weighted by Gasteiger charge is 2.32. The maximum Gasteiger partial charge on any atom is 0.248 e. The zero-order chi connectivity index (χ0) is 15.6. The molecule has 1 aromatic rings. The number of amides is 1. The van der Waals surface area contributed by atoms with Crippen LogP contribution < -0.4 is 11.1 Å². The molecule has 0 aliphatic carbocycles. The van der Waals surface area contributed by atoms with Crippen LogP contribution in [0.15, 0.2) is 23.1 Å². The van der Waals surface area contributed by atoms with Gasteiger partial charge in [0.25, 0.3) is 0 Å². The van der Waals surface area contributed by atoms with E-state index in [4.69, 9.17) is 5.73 Å². The first-order chi connectivity index (χ1) is 9.82. The first kappa shape index (κ1) is 15.7. The SMILES string of the molecule is CC(=O)NC1CCN(S(=O)(=O)c2c(N)cccc2F)CC1. The predicted molar refractivity (Wildman–Crippen MR) is 76.4 cm³/mol. The Morgan fingerprint density at radius 2 is 2.00 bits per heavy atom. The molecule has 21 heavy (non-hydrogen) atoms. The van der Waals surface area contributed by atoms with Crippen molar-refractivity contribution in [3.63, 3.8) is 0 Å². The lowest BCUT2D eigenvalue weighted by Crippen LogP contribution is -2.46. The molecule has 1 aromatic carbocycles. The van der Waals surface area contributed by atoms with E-state index in [1.807, 2.05) is 0 Å². The zero-order valence-corrected chi connectivity index (χ0v) is 12.5. The summed E-state index contributed by atoms with van der Waals surface area (Å²) < 4.78 is 40.0. The van der Waals surface area contributed by atoms with Crippen LogP contribution >= 0.6 is 0 Å². The van der Waals surface area contributed by atoms with E-state index >= 15 is 0 Å². The van der Waals surface area contributed by atoms with Gasteiger partial charge in [-0.15, -0.1) is 0 Å². The molecule has 8 heteroatoms. The smallest absolute Gasteiger partial charge is 0.248 e. The number of halogens is 1. The van der Waals surface area contributed by atoms with Crippen molar-refractivity contribution in [1.82, 2.24) is 9.62 Å². The van der Waals surface area contributed by atoms with Crippen molar-refractivity contribution >= 4 is 21.6 Å². The van der Waals surface area contributed by atoms with Gasteiger partial charge in [-0.05, 0) is 25.0 Å². The molecule has 0 unspecified atom stereocenters. The number of nitrogens with one attached hydrogen (secondary N) is 1. The summed E-state index contributed by atoms with van der Waals surface area (Å²) >= 11 is 0. The van der Waals surface area contributed by atoms with E-state index in [0.717, 1.165) is 6.07 Å². The Labute approximate surface area is 123 Å². The highest BCUT2D eigenvalue weighted by molar-refractivity contribution is 7.89. The van der Waals surface area contributed by atoms with Gasteiger partial charge in [0.2, 0.25) is 15.9 Å². The minimum atomic E-state index is -3.95. The van der Waals surface area contributed by atoms with E-state index < -0.39 is 20.7 Å². The highest BCUT2D eigenvalue weighted by atomic mass is 32.2. The fraction of sp³-hybridized carbons (Fsp3) is 0.462. The topological polar surface area (TPSA) is 92.5 Å². The van der Waals surface area contributed by atoms with Crippen molar-refractivity contribution in [2.24, 2.45) is 0 Å². The molecule has 1 aliphatic rings. The fourth-order valence-corrected chi connectivity index (χ4v) is 4.08. The lowest BCUT2D eigenvalue weighted by Gasteiger charge is -2.31. The Morgan fingerprint density at radius 3 is 2.52 bits per heavy atom. The second kappa shape index (κ2) is 5.98. The average Bonchev–Trinajstić information content (AvgIpc) is 2.38. The zero-order valence-electron chi connectivity index (χ0n) is 11.7. The predicted octanol–water partition coefficient (Wildman–Crippen LogP) is 0.697. The highest BCUT2D eigenvalue weighted by Crippen LogP contribution is 2.27. The summed E-state index contributed by atoms with van der Waals surface area (Å²) in [7, 11) is -3.95. The number of sulfonamides is 1. The maximum atomic E-state index is 13.8. The molecule has 1 amide bonds. The van der Waals surface area contributed by atoms with Gasteiger partial charge >= 0.3 is 0 Å². The van der Waals surface area contributed by atoms with E-state index in [0.29, 0.717) is 12.8 Å². The minimum Gasteiger partial charge on any atom is -0.398 e. The summed E-state index contributed by atoms with van der Waals surface area (Å²) in [5, 5.41) is 2.76. The van der Waals surface area contributed by atoms with Crippen LogP contribution in [-0.4, -0.2) is 37.8 Å². The number of nitrogens with two attached hydrogens (primary N) is 1. The Bertz CT molecular complexity index is 620. The molecule has 1 fully saturated rings. The number of anilines is 1. The van der Waals surface area contributed by atoms with E-state index in [9.17, 15) is 17.6 Å². The van der Waals surface area contributed by atoms with Gasteiger partial charge in [0.05, 0.1) is 5.69 Å². The van der Waals surface area contributed by atoms with Gasteiger partial charge in [0, 0.05) is 26.1 Å². The van der Waals surface area contributed by atoms with Crippen molar-refractivity contribution in [2.45, 2.75) is 30.7 Å². The number of nitrogens with zero attached hydrogens (tertiary/aromatic N) is 1. The van der Waals surface area contributed by atoms with Crippen LogP contribution in [0.5, 0.6) is 0 Å². The summed E-state index contributed by atoms with van der Waals surface area (Å²) in [5.74, 6) is -0.992. The van der Waals surface area contributed by atoms with Crippen molar-refractivity contribution < 1.29 is 17.6 Å². The third-order valence-corrected chi connectivity index (χ3v) is 5.45. The summed E-state index contributed by atoms with van der Waals surface area (Å²) in [5.41, 5.74) is 5.51. The lowest BCUT2D eigenvalue weighted by atomic mass is 10.1. The fourth-order valence-electron chi connectivity index (χ4n) is 2.45. The number of hydrogen-bond acceptors (Lipinski definition) is 4. The van der Waals surface area contributed by atoms with Crippen molar-refractivity contribution in [3.05, 3.63) is 24.0 Å². The molecule has 0 aromatic heterocycles. The van der Waals surface area contributed by atoms with Crippen LogP contribution in [0.2, 0.25) is 0 Å². The van der Waals surface area contributed by atoms with Gasteiger partial charge in [-0.3, -0.25) is 4.79 Å². The lowest BCUT2D eigenvalue weighted by molar-refractivity contribution is -0.119. The second-order valence-corrected chi connectivity index (χ2v) is 6.91. The van der Waals surface area contributed by atoms with Gasteiger partial charge in [-0.25, -0.2) is 12.8 Å². The Morgan fingerprint density at radius 1 is 1.38 bits per heavy atom. The molecule has 0 radical (unpaired) electrons. The number of rotatable bonds is 3. The minimum absolute atomic E-state index is 0.0492. The van der Waals surface area contributed by atoms with Crippen molar-refractivity contribution in [1.29, 1.82) is 0 Å². The van der Waals surface area contributed by atoms with Gasteiger partial charge in [0.1, 0.15) is 10.7 Å². The largest absolute Gasteiger partial charge is 0.398 e. The standard InChI is InChI=1S/C13H18FN3O3S/c1-9(18)16-10-5-7-17(8-6-10)21(19,20)13-11(14)3-2-4-12(13)15/h2-4,10H,5-8,15H2,1H3,(H,16,18). The molecule has 116 valence electrons. The molecule has 2 rings (SSSR count). The van der Waals surface area contributed by atoms with Crippen LogP contribution in [0.1, 0.15) is 19.8 Å². The third kappa shape index (κ3) is 3.33. The first-order valence-corrected chi connectivity index (χ1v) is 8.07. The van der Waals surface area contributed by atoms with Crippen molar-refractivity contribution in [2.75, 3.05) is 18.8 Å². The number of hydrogen-bond donors (Lipinski definition) is 2. The third-order valence-electron chi connectivity index (χ3n) is 3.46. The van der Waals surface area contributed by atoms with Crippen LogP contribution in [0, 0.1) is 5.82 Å². The van der Waals surface area contributed by atoms with Crippen LogP contribution in [0.25, 0.3) is 0 Å². The maximum absolute atomic E-state index is 13.8. The van der Waals surface area contributed by atoms with E-state index in [1.165, 1.54) is 23.4 Å². The van der Waals surface area contributed by atoms with E-state index in [-0.39, 0.29) is 30.7 Å². The van der Waals surface area contributed by atoms with Gasteiger partial charge < -0.3 is 11.1 Å². The first-order valence-electron chi connectivity index (χ1n) is 6.63. The van der Waals surface area contributed by atoms with E-state index in [1.54, 1.807) is 0 Å². The summed E-state index contributed by atoms with van der Waals surface area (Å²) in [6, 6.07) is 3.76. The van der Waals surface area contributed by atoms with Crippen LogP contribution in [0.3, 0.4) is 0 Å². The number of carbonyl (C=O) groups excluding carboxylic acids is 1. The quantitative estimate of drug-likeness (QED) is 0.803. The monoisotopic (exact) mass is 315 g/mol. The molecular formula is C13H18FN3O3S. The average molecular weight is 315 g/mol. The molecule has 1 aliphatic heterocycles. The molecule has 3 N–H and O–H groups in total. The van der Waals surface area contributed by atoms with Crippen LogP contribution in [-0.2, 0) is 14.8 Å². The van der Waals surface area contributed by atoms with Gasteiger partial charge in [-0.2, -0.15) is 4.31 Å². The Hall–Kier alpha value is -1.67. The summed E-state index contributed by atoms with van der Waals surface area (Å²) in [6.07, 6.45) is 0.986. The molecule has 1 saturated heterocycles.